The number of halogens is 2. The van der Waals surface area contributed by atoms with Crippen molar-refractivity contribution in [1.29, 1.82) is 0 Å². The fraction of sp³-hybridized carbons (Fsp3) is 0. The smallest absolute Gasteiger partial charge is 0.134 e. The molecule has 2 aromatic carbocycles. The molecule has 0 aliphatic carbocycles. The summed E-state index contributed by atoms with van der Waals surface area (Å²) in [4.78, 5) is 0. The van der Waals surface area contributed by atoms with Crippen molar-refractivity contribution in [2.75, 3.05) is 0 Å². The van der Waals surface area contributed by atoms with Crippen LogP contribution in [0.1, 0.15) is 11.1 Å². The summed E-state index contributed by atoms with van der Waals surface area (Å²) in [6.45, 7) is -2.47. The average molecular weight is 303 g/mol. The van der Waals surface area contributed by atoms with Gasteiger partial charge in [0.2, 0.25) is 0 Å². The Labute approximate surface area is 123 Å². The lowest BCUT2D eigenvalue weighted by molar-refractivity contribution is 1.61. The van der Waals surface area contributed by atoms with E-state index in [1.807, 2.05) is 36.4 Å². The molecular formula is C16H12Cl2Si. The fourth-order valence-corrected chi connectivity index (χ4v) is 5.42. The molecule has 0 N–H and O–H groups in total. The molecule has 3 heteroatoms. The van der Waals surface area contributed by atoms with E-state index in [0.29, 0.717) is 0 Å². The van der Waals surface area contributed by atoms with Crippen LogP contribution in [0.25, 0.3) is 11.3 Å². The van der Waals surface area contributed by atoms with Crippen molar-refractivity contribution in [1.82, 2.24) is 0 Å². The molecule has 19 heavy (non-hydrogen) atoms. The van der Waals surface area contributed by atoms with Gasteiger partial charge in [-0.3, -0.25) is 0 Å². The third kappa shape index (κ3) is 2.42. The Balaban J connectivity index is 1.96. The van der Waals surface area contributed by atoms with Crippen molar-refractivity contribution < 1.29 is 0 Å². The van der Waals surface area contributed by atoms with E-state index in [9.17, 15) is 0 Å². The first-order valence-electron chi connectivity index (χ1n) is 6.10. The van der Waals surface area contributed by atoms with Crippen LogP contribution in [-0.4, -0.2) is 6.69 Å². The second-order valence-corrected chi connectivity index (χ2v) is 10.8. The monoisotopic (exact) mass is 302 g/mol. The molecule has 0 amide bonds. The van der Waals surface area contributed by atoms with Crippen molar-refractivity contribution >= 4 is 40.1 Å². The second kappa shape index (κ2) is 5.01. The van der Waals surface area contributed by atoms with Gasteiger partial charge in [0.05, 0.1) is 0 Å². The Hall–Kier alpha value is -1.28. The first-order chi connectivity index (χ1) is 9.18. The van der Waals surface area contributed by atoms with Gasteiger partial charge in [0.25, 0.3) is 0 Å². The molecule has 0 atom stereocenters. The molecule has 1 aliphatic heterocycles. The molecule has 0 saturated heterocycles. The molecule has 2 aromatic rings. The largest absolute Gasteiger partial charge is 0.311 e. The maximum atomic E-state index is 6.59. The summed E-state index contributed by atoms with van der Waals surface area (Å²) in [7, 11) is 0. The molecular weight excluding hydrogens is 291 g/mol. The first kappa shape index (κ1) is 12.7. The third-order valence-corrected chi connectivity index (χ3v) is 7.86. The maximum Gasteiger partial charge on any atom is 0.311 e. The Kier molecular flexibility index (Phi) is 3.36. The van der Waals surface area contributed by atoms with Gasteiger partial charge in [-0.2, -0.15) is 0 Å². The van der Waals surface area contributed by atoms with Crippen LogP contribution in [-0.2, 0) is 0 Å². The fourth-order valence-electron chi connectivity index (χ4n) is 2.16. The third-order valence-electron chi connectivity index (χ3n) is 3.21. The van der Waals surface area contributed by atoms with Crippen LogP contribution in [0.5, 0.6) is 0 Å². The summed E-state index contributed by atoms with van der Waals surface area (Å²) in [6, 6.07) is 20.3. The van der Waals surface area contributed by atoms with E-state index < -0.39 is 6.69 Å². The number of allylic oxidation sites excluding steroid dienone is 2. The van der Waals surface area contributed by atoms with Crippen molar-refractivity contribution in [2.24, 2.45) is 0 Å². The van der Waals surface area contributed by atoms with E-state index in [1.54, 1.807) is 0 Å². The van der Waals surface area contributed by atoms with Gasteiger partial charge in [0.15, 0.2) is 0 Å². The molecule has 0 saturated carbocycles. The number of hydrogen-bond acceptors (Lipinski definition) is 0. The summed E-state index contributed by atoms with van der Waals surface area (Å²) in [5.74, 6) is 0. The Morgan fingerprint density at radius 2 is 1.37 bits per heavy atom. The molecule has 0 fully saturated rings. The van der Waals surface area contributed by atoms with Crippen LogP contribution in [0.15, 0.2) is 71.9 Å². The van der Waals surface area contributed by atoms with E-state index in [-0.39, 0.29) is 0 Å². The molecule has 0 radical (unpaired) electrons. The summed E-state index contributed by atoms with van der Waals surface area (Å²) in [6.07, 6.45) is 4.19. The standard InChI is InChI=1S/C16H12Cl2Si/c17-19(18)15(11-13-7-3-1-4-8-13)12-16(19)14-9-5-2-6-10-14/h1-12H/b15-11-. The average Bonchev–Trinajstić information content (AvgIpc) is 2.45. The Morgan fingerprint density at radius 1 is 0.789 bits per heavy atom. The van der Waals surface area contributed by atoms with Crippen molar-refractivity contribution in [2.45, 2.75) is 0 Å². The number of hydrogen-bond donors (Lipinski definition) is 0. The van der Waals surface area contributed by atoms with Gasteiger partial charge >= 0.3 is 6.69 Å². The van der Waals surface area contributed by atoms with E-state index in [1.165, 1.54) is 0 Å². The molecule has 0 aromatic heterocycles. The molecule has 0 unspecified atom stereocenters. The van der Waals surface area contributed by atoms with E-state index in [0.717, 1.165) is 21.5 Å². The lowest BCUT2D eigenvalue weighted by Crippen LogP contribution is -2.33. The van der Waals surface area contributed by atoms with Gasteiger partial charge in [-0.15, -0.1) is 22.2 Å². The molecule has 1 aliphatic rings. The highest BCUT2D eigenvalue weighted by Crippen LogP contribution is 2.47. The number of benzene rings is 2. The lowest BCUT2D eigenvalue weighted by atomic mass is 10.1. The minimum Gasteiger partial charge on any atom is -0.134 e. The highest BCUT2D eigenvalue weighted by atomic mass is 35.7. The molecule has 94 valence electrons. The summed E-state index contributed by atoms with van der Waals surface area (Å²) in [5, 5.41) is 2.17. The Bertz CT molecular complexity index is 643. The van der Waals surface area contributed by atoms with Crippen LogP contribution in [0.4, 0.5) is 0 Å². The molecule has 1 heterocycles. The summed E-state index contributed by atoms with van der Waals surface area (Å²) in [5.41, 5.74) is 2.27. The normalized spacial score (nSPS) is 18.8. The zero-order valence-electron chi connectivity index (χ0n) is 10.2. The predicted molar refractivity (Wildman–Crippen MR) is 86.3 cm³/mol. The number of rotatable bonds is 2. The zero-order chi connectivity index (χ0) is 13.3. The highest BCUT2D eigenvalue weighted by Gasteiger charge is 2.45. The topological polar surface area (TPSA) is 0 Å². The van der Waals surface area contributed by atoms with Crippen LogP contribution >= 0.6 is 22.2 Å². The van der Waals surface area contributed by atoms with Crippen LogP contribution in [0.3, 0.4) is 0 Å². The minimum absolute atomic E-state index is 1.07. The maximum absolute atomic E-state index is 6.59. The molecule has 0 bridgehead atoms. The van der Waals surface area contributed by atoms with Gasteiger partial charge in [-0.05, 0) is 21.5 Å². The predicted octanol–water partition coefficient (Wildman–Crippen LogP) is 5.17. The zero-order valence-corrected chi connectivity index (χ0v) is 12.7. The van der Waals surface area contributed by atoms with Crippen LogP contribution < -0.4 is 0 Å². The van der Waals surface area contributed by atoms with Crippen molar-refractivity contribution in [3.05, 3.63) is 83.1 Å². The van der Waals surface area contributed by atoms with Gasteiger partial charge in [0, 0.05) is 0 Å². The summed E-state index contributed by atoms with van der Waals surface area (Å²) < 4.78 is 0. The first-order valence-corrected chi connectivity index (χ1v) is 10.1. The quantitative estimate of drug-likeness (QED) is 0.530. The van der Waals surface area contributed by atoms with E-state index in [4.69, 9.17) is 22.2 Å². The van der Waals surface area contributed by atoms with E-state index in [2.05, 4.69) is 36.4 Å². The lowest BCUT2D eigenvalue weighted by Gasteiger charge is -2.31. The van der Waals surface area contributed by atoms with E-state index >= 15 is 0 Å². The van der Waals surface area contributed by atoms with Gasteiger partial charge < -0.3 is 0 Å². The minimum atomic E-state index is -2.47. The van der Waals surface area contributed by atoms with Crippen LogP contribution in [0, 0.1) is 0 Å². The SMILES string of the molecule is Cl[Si]1(Cl)C(c2ccccc2)=C/C1=C/c1ccccc1. The van der Waals surface area contributed by atoms with Gasteiger partial charge in [0.1, 0.15) is 0 Å². The van der Waals surface area contributed by atoms with Crippen LogP contribution in [0.2, 0.25) is 0 Å². The highest BCUT2D eigenvalue weighted by molar-refractivity contribution is 7.58. The van der Waals surface area contributed by atoms with Crippen molar-refractivity contribution in [3.63, 3.8) is 0 Å². The molecule has 3 rings (SSSR count). The summed E-state index contributed by atoms with van der Waals surface area (Å²) >= 11 is 13.2. The van der Waals surface area contributed by atoms with Gasteiger partial charge in [-0.25, -0.2) is 0 Å². The second-order valence-electron chi connectivity index (χ2n) is 4.51. The molecule has 0 nitrogen and oxygen atoms in total. The van der Waals surface area contributed by atoms with Gasteiger partial charge in [-0.1, -0.05) is 72.8 Å². The molecule has 0 spiro atoms. The Morgan fingerprint density at radius 3 is 1.95 bits per heavy atom. The van der Waals surface area contributed by atoms with Crippen molar-refractivity contribution in [3.8, 4) is 0 Å².